The molecule has 28 heavy (non-hydrogen) atoms. The Kier molecular flexibility index (Phi) is 4.59. The molecule has 0 bridgehead atoms. The van der Waals surface area contributed by atoms with E-state index in [1.54, 1.807) is 17.7 Å². The Morgan fingerprint density at radius 1 is 1.11 bits per heavy atom. The molecule has 3 aromatic heterocycles. The standard InChI is InChI=1S/C18H17N7OS2/c26-15(21-13-2-1-3-14-16(13)23-28-22-14)10-24-5-7-25(8-6-24)17-12-4-9-27-18(12)20-11-19-17/h1-4,9,11H,5-8,10H2,(H,21,26). The first-order valence-electron chi connectivity index (χ1n) is 8.94. The van der Waals surface area contributed by atoms with Gasteiger partial charge in [0.15, 0.2) is 0 Å². The lowest BCUT2D eigenvalue weighted by Gasteiger charge is -2.35. The molecule has 0 atom stereocenters. The van der Waals surface area contributed by atoms with Gasteiger partial charge in [0.05, 0.1) is 29.3 Å². The second kappa shape index (κ2) is 7.38. The van der Waals surface area contributed by atoms with Gasteiger partial charge in [-0.15, -0.1) is 11.3 Å². The molecule has 1 fully saturated rings. The molecule has 142 valence electrons. The molecule has 4 heterocycles. The van der Waals surface area contributed by atoms with Crippen molar-refractivity contribution < 1.29 is 4.79 Å². The third-order valence-corrected chi connectivity index (χ3v) is 6.20. The molecule has 5 rings (SSSR count). The predicted octanol–water partition coefficient (Wildman–Crippen LogP) is 2.46. The van der Waals surface area contributed by atoms with Crippen LogP contribution in [0.15, 0.2) is 36.0 Å². The van der Waals surface area contributed by atoms with Crippen molar-refractivity contribution in [3.05, 3.63) is 36.0 Å². The zero-order valence-corrected chi connectivity index (χ0v) is 16.5. The molecular weight excluding hydrogens is 394 g/mol. The fourth-order valence-electron chi connectivity index (χ4n) is 3.45. The largest absolute Gasteiger partial charge is 0.353 e. The fourth-order valence-corrected chi connectivity index (χ4v) is 4.72. The van der Waals surface area contributed by atoms with Crippen LogP contribution in [0.1, 0.15) is 0 Å². The molecule has 0 saturated carbocycles. The maximum absolute atomic E-state index is 12.5. The number of carbonyl (C=O) groups is 1. The van der Waals surface area contributed by atoms with E-state index < -0.39 is 0 Å². The number of nitrogens with zero attached hydrogens (tertiary/aromatic N) is 6. The van der Waals surface area contributed by atoms with Crippen molar-refractivity contribution in [3.63, 3.8) is 0 Å². The molecule has 4 aromatic rings. The summed E-state index contributed by atoms with van der Waals surface area (Å²) in [7, 11) is 0. The lowest BCUT2D eigenvalue weighted by atomic mass is 10.2. The lowest BCUT2D eigenvalue weighted by molar-refractivity contribution is -0.117. The monoisotopic (exact) mass is 411 g/mol. The Labute approximate surface area is 169 Å². The van der Waals surface area contributed by atoms with Gasteiger partial charge in [-0.25, -0.2) is 9.97 Å². The van der Waals surface area contributed by atoms with Crippen molar-refractivity contribution in [1.29, 1.82) is 0 Å². The molecule has 1 aliphatic rings. The van der Waals surface area contributed by atoms with Crippen LogP contribution in [0.2, 0.25) is 0 Å². The summed E-state index contributed by atoms with van der Waals surface area (Å²) >= 11 is 2.78. The highest BCUT2D eigenvalue weighted by molar-refractivity contribution is 7.16. The van der Waals surface area contributed by atoms with Crippen LogP contribution < -0.4 is 10.2 Å². The van der Waals surface area contributed by atoms with Gasteiger partial charge in [-0.3, -0.25) is 9.69 Å². The average Bonchev–Trinajstić information content (AvgIpc) is 3.38. The SMILES string of the molecule is O=C(CN1CCN(c2ncnc3sccc23)CC1)Nc1cccc2nsnc12. The van der Waals surface area contributed by atoms with Gasteiger partial charge >= 0.3 is 0 Å². The molecule has 0 aliphatic carbocycles. The van der Waals surface area contributed by atoms with Crippen molar-refractivity contribution >= 4 is 61.7 Å². The Bertz CT molecular complexity index is 1130. The molecule has 1 aromatic carbocycles. The summed E-state index contributed by atoms with van der Waals surface area (Å²) in [5.41, 5.74) is 2.27. The van der Waals surface area contributed by atoms with E-state index in [0.717, 1.165) is 70.7 Å². The second-order valence-electron chi connectivity index (χ2n) is 6.59. The number of aromatic nitrogens is 4. The van der Waals surface area contributed by atoms with E-state index >= 15 is 0 Å². The third kappa shape index (κ3) is 3.30. The van der Waals surface area contributed by atoms with Crippen LogP contribution in [-0.4, -0.2) is 62.2 Å². The number of fused-ring (bicyclic) bond motifs is 2. The topological polar surface area (TPSA) is 87.1 Å². The van der Waals surface area contributed by atoms with Crippen LogP contribution in [0.3, 0.4) is 0 Å². The summed E-state index contributed by atoms with van der Waals surface area (Å²) in [4.78, 5) is 26.8. The van der Waals surface area contributed by atoms with E-state index in [9.17, 15) is 4.79 Å². The number of rotatable bonds is 4. The Morgan fingerprint density at radius 2 is 2.00 bits per heavy atom. The van der Waals surface area contributed by atoms with Crippen molar-refractivity contribution in [3.8, 4) is 0 Å². The molecule has 10 heteroatoms. The van der Waals surface area contributed by atoms with Gasteiger partial charge in [0.1, 0.15) is 28.0 Å². The van der Waals surface area contributed by atoms with Crippen molar-refractivity contribution in [2.75, 3.05) is 42.9 Å². The van der Waals surface area contributed by atoms with Crippen LogP contribution >= 0.6 is 23.1 Å². The quantitative estimate of drug-likeness (QED) is 0.552. The van der Waals surface area contributed by atoms with E-state index in [-0.39, 0.29) is 5.91 Å². The number of thiophene rings is 1. The van der Waals surface area contributed by atoms with Gasteiger partial charge in [0.2, 0.25) is 5.91 Å². The number of amides is 1. The van der Waals surface area contributed by atoms with E-state index in [1.165, 1.54) is 0 Å². The van der Waals surface area contributed by atoms with E-state index in [2.05, 4.69) is 39.9 Å². The number of benzene rings is 1. The summed E-state index contributed by atoms with van der Waals surface area (Å²) in [5, 5.41) is 6.12. The minimum atomic E-state index is -0.0313. The predicted molar refractivity (Wildman–Crippen MR) is 112 cm³/mol. The van der Waals surface area contributed by atoms with E-state index in [0.29, 0.717) is 6.54 Å². The van der Waals surface area contributed by atoms with Gasteiger partial charge in [-0.1, -0.05) is 6.07 Å². The molecule has 8 nitrogen and oxygen atoms in total. The third-order valence-electron chi connectivity index (χ3n) is 4.84. The molecule has 0 unspecified atom stereocenters. The number of anilines is 2. The number of hydrogen-bond acceptors (Lipinski definition) is 9. The summed E-state index contributed by atoms with van der Waals surface area (Å²) in [6.45, 7) is 3.65. The van der Waals surface area contributed by atoms with Gasteiger partial charge in [0.25, 0.3) is 0 Å². The zero-order valence-electron chi connectivity index (χ0n) is 14.9. The number of nitrogens with one attached hydrogen (secondary N) is 1. The summed E-state index contributed by atoms with van der Waals surface area (Å²) in [6.07, 6.45) is 1.63. The number of piperazine rings is 1. The highest BCUT2D eigenvalue weighted by Gasteiger charge is 2.22. The first kappa shape index (κ1) is 17.4. The van der Waals surface area contributed by atoms with Crippen LogP contribution in [0.5, 0.6) is 0 Å². The fraction of sp³-hybridized carbons (Fsp3) is 0.278. The average molecular weight is 412 g/mol. The molecule has 1 amide bonds. The van der Waals surface area contributed by atoms with Crippen molar-refractivity contribution in [1.82, 2.24) is 23.6 Å². The highest BCUT2D eigenvalue weighted by Crippen LogP contribution is 2.27. The number of hydrogen-bond donors (Lipinski definition) is 1. The van der Waals surface area contributed by atoms with E-state index in [1.807, 2.05) is 23.6 Å². The normalized spacial score (nSPS) is 15.4. The Balaban J connectivity index is 1.21. The van der Waals surface area contributed by atoms with Crippen LogP contribution in [0.4, 0.5) is 11.5 Å². The maximum Gasteiger partial charge on any atom is 0.238 e. The van der Waals surface area contributed by atoms with Crippen molar-refractivity contribution in [2.45, 2.75) is 0 Å². The van der Waals surface area contributed by atoms with Crippen LogP contribution in [0.25, 0.3) is 21.3 Å². The van der Waals surface area contributed by atoms with E-state index in [4.69, 9.17) is 0 Å². The summed E-state index contributed by atoms with van der Waals surface area (Å²) in [6, 6.07) is 7.71. The first-order valence-corrected chi connectivity index (χ1v) is 10.6. The van der Waals surface area contributed by atoms with Crippen molar-refractivity contribution in [2.24, 2.45) is 0 Å². The van der Waals surface area contributed by atoms with Crippen LogP contribution in [-0.2, 0) is 4.79 Å². The smallest absolute Gasteiger partial charge is 0.238 e. The van der Waals surface area contributed by atoms with Gasteiger partial charge in [-0.2, -0.15) is 8.75 Å². The molecule has 1 N–H and O–H groups in total. The minimum absolute atomic E-state index is 0.0313. The van der Waals surface area contributed by atoms with Crippen LogP contribution in [0, 0.1) is 0 Å². The molecule has 1 saturated heterocycles. The lowest BCUT2D eigenvalue weighted by Crippen LogP contribution is -2.49. The van der Waals surface area contributed by atoms with Gasteiger partial charge in [-0.05, 0) is 23.6 Å². The second-order valence-corrected chi connectivity index (χ2v) is 8.01. The first-order chi connectivity index (χ1) is 13.8. The molecule has 0 radical (unpaired) electrons. The summed E-state index contributed by atoms with van der Waals surface area (Å²) < 4.78 is 8.48. The maximum atomic E-state index is 12.5. The Morgan fingerprint density at radius 3 is 2.89 bits per heavy atom. The zero-order chi connectivity index (χ0) is 18.9. The minimum Gasteiger partial charge on any atom is -0.353 e. The molecule has 0 spiro atoms. The molecule has 1 aliphatic heterocycles. The van der Waals surface area contributed by atoms with Gasteiger partial charge < -0.3 is 10.2 Å². The van der Waals surface area contributed by atoms with Gasteiger partial charge in [0, 0.05) is 26.2 Å². The number of carbonyl (C=O) groups excluding carboxylic acids is 1. The summed E-state index contributed by atoms with van der Waals surface area (Å²) in [5.74, 6) is 0.953. The Hall–Kier alpha value is -2.69. The highest BCUT2D eigenvalue weighted by atomic mass is 32.1. The molecular formula is C18H17N7OS2.